The molecule has 0 aliphatic heterocycles. The van der Waals surface area contributed by atoms with Crippen LogP contribution in [-0.4, -0.2) is 28.5 Å². The van der Waals surface area contributed by atoms with Gasteiger partial charge in [0.25, 0.3) is 0 Å². The molecule has 0 saturated heterocycles. The lowest BCUT2D eigenvalue weighted by Gasteiger charge is -2.07. The maximum Gasteiger partial charge on any atom is 0.308 e. The average molecular weight is 316 g/mol. The molecule has 1 unspecified atom stereocenters. The lowest BCUT2D eigenvalue weighted by molar-refractivity contribution is -0.141. The molecular formula is C17H20N2O4. The van der Waals surface area contributed by atoms with Crippen molar-refractivity contribution in [2.24, 2.45) is 5.92 Å². The van der Waals surface area contributed by atoms with Crippen molar-refractivity contribution in [2.45, 2.75) is 26.7 Å². The van der Waals surface area contributed by atoms with Gasteiger partial charge in [-0.05, 0) is 6.92 Å². The standard InChI is InChI=1S/C17H20N2O4/c1-11-3-5-13(6-4-11)14-10-19-16(23-14)8-7-15(20)18-9-12(2)17(21)22/h3-6,10,12H,7-9H2,1-2H3,(H,18,20)(H,21,22). The molecule has 0 fully saturated rings. The molecule has 1 heterocycles. The van der Waals surface area contributed by atoms with Crippen molar-refractivity contribution in [3.05, 3.63) is 41.9 Å². The fraction of sp³-hybridized carbons (Fsp3) is 0.353. The topological polar surface area (TPSA) is 92.4 Å². The van der Waals surface area contributed by atoms with Crippen molar-refractivity contribution in [2.75, 3.05) is 6.54 Å². The molecule has 2 N–H and O–H groups in total. The Kier molecular flexibility index (Phi) is 5.51. The highest BCUT2D eigenvalue weighted by molar-refractivity contribution is 5.77. The zero-order valence-corrected chi connectivity index (χ0v) is 13.2. The van der Waals surface area contributed by atoms with E-state index >= 15 is 0 Å². The summed E-state index contributed by atoms with van der Waals surface area (Å²) in [6, 6.07) is 7.91. The highest BCUT2D eigenvalue weighted by Crippen LogP contribution is 2.21. The second-order valence-corrected chi connectivity index (χ2v) is 5.53. The molecule has 6 heteroatoms. The van der Waals surface area contributed by atoms with Crippen molar-refractivity contribution in [3.8, 4) is 11.3 Å². The third-order valence-electron chi connectivity index (χ3n) is 3.48. The van der Waals surface area contributed by atoms with Crippen LogP contribution in [0.3, 0.4) is 0 Å². The van der Waals surface area contributed by atoms with Gasteiger partial charge in [0.15, 0.2) is 11.7 Å². The molecule has 6 nitrogen and oxygen atoms in total. The molecule has 1 amide bonds. The van der Waals surface area contributed by atoms with Gasteiger partial charge >= 0.3 is 5.97 Å². The number of nitrogens with one attached hydrogen (secondary N) is 1. The van der Waals surface area contributed by atoms with E-state index < -0.39 is 11.9 Å². The zero-order valence-electron chi connectivity index (χ0n) is 13.2. The normalized spacial score (nSPS) is 11.9. The molecule has 1 atom stereocenters. The first kappa shape index (κ1) is 16.7. The average Bonchev–Trinajstić information content (AvgIpc) is 3.00. The van der Waals surface area contributed by atoms with Crippen LogP contribution in [0.4, 0.5) is 0 Å². The van der Waals surface area contributed by atoms with Crippen molar-refractivity contribution >= 4 is 11.9 Å². The number of carbonyl (C=O) groups is 2. The summed E-state index contributed by atoms with van der Waals surface area (Å²) in [5.41, 5.74) is 2.11. The number of benzene rings is 1. The number of aryl methyl sites for hydroxylation is 2. The summed E-state index contributed by atoms with van der Waals surface area (Å²) in [5, 5.41) is 11.3. The highest BCUT2D eigenvalue weighted by atomic mass is 16.4. The van der Waals surface area contributed by atoms with Crippen LogP contribution in [-0.2, 0) is 16.0 Å². The summed E-state index contributed by atoms with van der Waals surface area (Å²) in [5.74, 6) is -0.593. The van der Waals surface area contributed by atoms with Crippen molar-refractivity contribution in [3.63, 3.8) is 0 Å². The lowest BCUT2D eigenvalue weighted by Crippen LogP contribution is -2.31. The Labute approximate surface area is 134 Å². The lowest BCUT2D eigenvalue weighted by atomic mass is 10.1. The molecule has 0 bridgehead atoms. The minimum Gasteiger partial charge on any atom is -0.481 e. The molecule has 122 valence electrons. The fourth-order valence-electron chi connectivity index (χ4n) is 1.94. The predicted octanol–water partition coefficient (Wildman–Crippen LogP) is 2.42. The third kappa shape index (κ3) is 4.95. The first-order chi connectivity index (χ1) is 11.0. The van der Waals surface area contributed by atoms with E-state index in [1.165, 1.54) is 5.56 Å². The van der Waals surface area contributed by atoms with Crippen LogP contribution in [0, 0.1) is 12.8 Å². The number of carboxylic acids is 1. The molecule has 2 aromatic rings. The number of hydrogen-bond donors (Lipinski definition) is 2. The monoisotopic (exact) mass is 316 g/mol. The number of aromatic nitrogens is 1. The summed E-state index contributed by atoms with van der Waals surface area (Å²) in [6.45, 7) is 3.68. The maximum atomic E-state index is 11.7. The molecule has 0 saturated carbocycles. The molecule has 0 aliphatic rings. The molecule has 0 spiro atoms. The number of rotatable bonds is 7. The maximum absolute atomic E-state index is 11.7. The summed E-state index contributed by atoms with van der Waals surface area (Å²) in [6.07, 6.45) is 2.23. The molecular weight excluding hydrogens is 296 g/mol. The third-order valence-corrected chi connectivity index (χ3v) is 3.48. The number of carbonyl (C=O) groups excluding carboxylic acids is 1. The van der Waals surface area contributed by atoms with Gasteiger partial charge in [-0.25, -0.2) is 4.98 Å². The van der Waals surface area contributed by atoms with Gasteiger partial charge in [0, 0.05) is 24.9 Å². The van der Waals surface area contributed by atoms with Gasteiger partial charge in [-0.3, -0.25) is 9.59 Å². The summed E-state index contributed by atoms with van der Waals surface area (Å²) in [7, 11) is 0. The summed E-state index contributed by atoms with van der Waals surface area (Å²) in [4.78, 5) is 26.5. The van der Waals surface area contributed by atoms with E-state index in [1.807, 2.05) is 31.2 Å². The van der Waals surface area contributed by atoms with Crippen molar-refractivity contribution < 1.29 is 19.1 Å². The van der Waals surface area contributed by atoms with Gasteiger partial charge in [-0.15, -0.1) is 0 Å². The highest BCUT2D eigenvalue weighted by Gasteiger charge is 2.13. The van der Waals surface area contributed by atoms with Gasteiger partial charge < -0.3 is 14.8 Å². The van der Waals surface area contributed by atoms with E-state index in [0.717, 1.165) is 5.56 Å². The van der Waals surface area contributed by atoms with E-state index in [0.29, 0.717) is 18.1 Å². The van der Waals surface area contributed by atoms with Crippen molar-refractivity contribution in [1.82, 2.24) is 10.3 Å². The molecule has 1 aromatic heterocycles. The molecule has 23 heavy (non-hydrogen) atoms. The molecule has 2 rings (SSSR count). The minimum atomic E-state index is -0.930. The Hall–Kier alpha value is -2.63. The first-order valence-electron chi connectivity index (χ1n) is 7.47. The number of nitrogens with zero attached hydrogens (tertiary/aromatic N) is 1. The van der Waals surface area contributed by atoms with E-state index in [-0.39, 0.29) is 18.9 Å². The Morgan fingerprint density at radius 2 is 2.00 bits per heavy atom. The number of carboxylic acid groups (broad SMARTS) is 1. The van der Waals surface area contributed by atoms with Crippen LogP contribution in [0.1, 0.15) is 24.8 Å². The minimum absolute atomic E-state index is 0.119. The number of oxazole rings is 1. The Morgan fingerprint density at radius 3 is 2.65 bits per heavy atom. The second kappa shape index (κ2) is 7.58. The van der Waals surface area contributed by atoms with Crippen LogP contribution < -0.4 is 5.32 Å². The van der Waals surface area contributed by atoms with Crippen LogP contribution in [0.2, 0.25) is 0 Å². The number of aliphatic carboxylic acids is 1. The van der Waals surface area contributed by atoms with E-state index in [4.69, 9.17) is 9.52 Å². The molecule has 0 radical (unpaired) electrons. The van der Waals surface area contributed by atoms with Crippen LogP contribution in [0.5, 0.6) is 0 Å². The van der Waals surface area contributed by atoms with Crippen LogP contribution in [0.25, 0.3) is 11.3 Å². The predicted molar refractivity (Wildman–Crippen MR) is 84.8 cm³/mol. The fourth-order valence-corrected chi connectivity index (χ4v) is 1.94. The largest absolute Gasteiger partial charge is 0.481 e. The first-order valence-corrected chi connectivity index (χ1v) is 7.47. The molecule has 0 aliphatic carbocycles. The molecule has 1 aromatic carbocycles. The van der Waals surface area contributed by atoms with E-state index in [2.05, 4.69) is 10.3 Å². The van der Waals surface area contributed by atoms with Gasteiger partial charge in [0.05, 0.1) is 12.1 Å². The van der Waals surface area contributed by atoms with E-state index in [9.17, 15) is 9.59 Å². The zero-order chi connectivity index (χ0) is 16.8. The SMILES string of the molecule is Cc1ccc(-c2cnc(CCC(=O)NCC(C)C(=O)O)o2)cc1. The van der Waals surface area contributed by atoms with Gasteiger partial charge in [0.1, 0.15) is 0 Å². The van der Waals surface area contributed by atoms with Gasteiger partial charge in [-0.2, -0.15) is 0 Å². The Balaban J connectivity index is 1.84. The quantitative estimate of drug-likeness (QED) is 0.818. The number of hydrogen-bond acceptors (Lipinski definition) is 4. The van der Waals surface area contributed by atoms with Crippen molar-refractivity contribution in [1.29, 1.82) is 0 Å². The summed E-state index contributed by atoms with van der Waals surface area (Å²) >= 11 is 0. The second-order valence-electron chi connectivity index (χ2n) is 5.53. The summed E-state index contributed by atoms with van der Waals surface area (Å²) < 4.78 is 5.64. The van der Waals surface area contributed by atoms with Crippen LogP contribution >= 0.6 is 0 Å². The number of amides is 1. The van der Waals surface area contributed by atoms with Gasteiger partial charge in [-0.1, -0.05) is 36.8 Å². The van der Waals surface area contributed by atoms with Crippen LogP contribution in [0.15, 0.2) is 34.9 Å². The van der Waals surface area contributed by atoms with Gasteiger partial charge in [0.2, 0.25) is 5.91 Å². The Bertz CT molecular complexity index is 676. The smallest absolute Gasteiger partial charge is 0.308 e. The van der Waals surface area contributed by atoms with E-state index in [1.54, 1.807) is 13.1 Å². The Morgan fingerprint density at radius 1 is 1.30 bits per heavy atom.